The van der Waals surface area contributed by atoms with Gasteiger partial charge in [0.25, 0.3) is 17.5 Å². The average Bonchev–Trinajstić information content (AvgIpc) is 3.06. The maximum atomic E-state index is 12.9. The molecular weight excluding hydrogens is 430 g/mol. The number of hydrogen-bond donors (Lipinski definition) is 1. The summed E-state index contributed by atoms with van der Waals surface area (Å²) >= 11 is 0. The van der Waals surface area contributed by atoms with Crippen LogP contribution in [0.5, 0.6) is 11.5 Å². The number of carbonyl (C=O) groups is 3. The zero-order chi connectivity index (χ0) is 24.1. The minimum Gasteiger partial charge on any atom is -0.490 e. The van der Waals surface area contributed by atoms with Crippen LogP contribution in [0.4, 0.5) is 11.4 Å². The van der Waals surface area contributed by atoms with Crippen LogP contribution in [0, 0.1) is 10.1 Å². The molecule has 174 valence electrons. The van der Waals surface area contributed by atoms with E-state index >= 15 is 0 Å². The molecular formula is C23H25N3O7. The van der Waals surface area contributed by atoms with Gasteiger partial charge in [0.2, 0.25) is 5.91 Å². The molecule has 0 fully saturated rings. The van der Waals surface area contributed by atoms with Crippen molar-refractivity contribution in [3.8, 4) is 11.5 Å². The number of nitrogens with one attached hydrogen (secondary N) is 1. The van der Waals surface area contributed by atoms with Crippen molar-refractivity contribution in [2.45, 2.75) is 39.7 Å². The number of nitro groups is 1. The molecule has 0 saturated carbocycles. The van der Waals surface area contributed by atoms with E-state index < -0.39 is 34.4 Å². The first-order valence-corrected chi connectivity index (χ1v) is 10.7. The van der Waals surface area contributed by atoms with Crippen molar-refractivity contribution in [1.82, 2.24) is 4.90 Å². The van der Waals surface area contributed by atoms with Crippen LogP contribution in [-0.4, -0.2) is 46.8 Å². The lowest BCUT2D eigenvalue weighted by Crippen LogP contribution is -2.45. The predicted octanol–water partition coefficient (Wildman–Crippen LogP) is 3.80. The summed E-state index contributed by atoms with van der Waals surface area (Å²) in [7, 11) is 0. The predicted molar refractivity (Wildman–Crippen MR) is 120 cm³/mol. The third kappa shape index (κ3) is 4.79. The largest absolute Gasteiger partial charge is 0.490 e. The van der Waals surface area contributed by atoms with Gasteiger partial charge >= 0.3 is 0 Å². The lowest BCUT2D eigenvalue weighted by atomic mass is 10.1. The van der Waals surface area contributed by atoms with E-state index in [9.17, 15) is 24.5 Å². The lowest BCUT2D eigenvalue weighted by molar-refractivity contribution is -0.384. The molecule has 10 heteroatoms. The van der Waals surface area contributed by atoms with E-state index in [2.05, 4.69) is 5.32 Å². The van der Waals surface area contributed by atoms with Gasteiger partial charge < -0.3 is 14.8 Å². The van der Waals surface area contributed by atoms with E-state index in [1.165, 1.54) is 31.2 Å². The minimum absolute atomic E-state index is 0.122. The highest BCUT2D eigenvalue weighted by Crippen LogP contribution is 2.38. The summed E-state index contributed by atoms with van der Waals surface area (Å²) in [4.78, 5) is 50.2. The quantitative estimate of drug-likeness (QED) is 0.328. The van der Waals surface area contributed by atoms with E-state index in [0.717, 1.165) is 4.90 Å². The lowest BCUT2D eigenvalue weighted by Gasteiger charge is -2.22. The van der Waals surface area contributed by atoms with Gasteiger partial charge in [-0.2, -0.15) is 0 Å². The van der Waals surface area contributed by atoms with Crippen molar-refractivity contribution in [3.05, 3.63) is 57.6 Å². The third-order valence-electron chi connectivity index (χ3n) is 5.03. The van der Waals surface area contributed by atoms with Crippen LogP contribution >= 0.6 is 0 Å². The summed E-state index contributed by atoms with van der Waals surface area (Å²) < 4.78 is 11.2. The zero-order valence-corrected chi connectivity index (χ0v) is 18.6. The third-order valence-corrected chi connectivity index (χ3v) is 5.03. The van der Waals surface area contributed by atoms with Crippen LogP contribution < -0.4 is 14.8 Å². The Bertz CT molecular complexity index is 1060. The molecule has 0 spiro atoms. The fourth-order valence-electron chi connectivity index (χ4n) is 3.36. The Kier molecular flexibility index (Phi) is 7.27. The standard InChI is InChI=1S/C23H25N3O7/c1-4-10-32-19-12-17(18(26(30)31)13-20(19)33-11-5-2)24-21(27)14(3)25-22(28)15-8-6-7-9-16(15)23(25)29/h6-9,12-14H,4-5,10-11H2,1-3H3,(H,24,27). The first-order valence-electron chi connectivity index (χ1n) is 10.7. The van der Waals surface area contributed by atoms with Crippen LogP contribution in [0.3, 0.4) is 0 Å². The molecule has 1 N–H and O–H groups in total. The number of nitro benzene ring substituents is 1. The second-order valence-corrected chi connectivity index (χ2v) is 7.46. The van der Waals surface area contributed by atoms with Gasteiger partial charge in [0.15, 0.2) is 11.5 Å². The van der Waals surface area contributed by atoms with E-state index in [0.29, 0.717) is 26.1 Å². The Morgan fingerprint density at radius 2 is 1.55 bits per heavy atom. The van der Waals surface area contributed by atoms with E-state index in [-0.39, 0.29) is 28.3 Å². The van der Waals surface area contributed by atoms with Crippen molar-refractivity contribution in [1.29, 1.82) is 0 Å². The molecule has 0 bridgehead atoms. The SMILES string of the molecule is CCCOc1cc(NC(=O)C(C)N2C(=O)c3ccccc3C2=O)c([N+](=O)[O-])cc1OCCC. The van der Waals surface area contributed by atoms with Gasteiger partial charge in [0, 0.05) is 6.07 Å². The first-order chi connectivity index (χ1) is 15.8. The van der Waals surface area contributed by atoms with Crippen molar-refractivity contribution in [2.75, 3.05) is 18.5 Å². The van der Waals surface area contributed by atoms with Crippen molar-refractivity contribution < 1.29 is 28.8 Å². The molecule has 1 unspecified atom stereocenters. The summed E-state index contributed by atoms with van der Waals surface area (Å²) in [6.45, 7) is 5.87. The van der Waals surface area contributed by atoms with E-state index in [1.807, 2.05) is 13.8 Å². The van der Waals surface area contributed by atoms with Crippen molar-refractivity contribution in [2.24, 2.45) is 0 Å². The number of hydrogen-bond acceptors (Lipinski definition) is 7. The molecule has 10 nitrogen and oxygen atoms in total. The number of fused-ring (bicyclic) bond motifs is 1. The van der Waals surface area contributed by atoms with Gasteiger partial charge in [0.1, 0.15) is 11.7 Å². The van der Waals surface area contributed by atoms with Gasteiger partial charge in [-0.3, -0.25) is 29.4 Å². The molecule has 33 heavy (non-hydrogen) atoms. The molecule has 0 aliphatic carbocycles. The van der Waals surface area contributed by atoms with Crippen LogP contribution in [0.2, 0.25) is 0 Å². The van der Waals surface area contributed by atoms with Crippen molar-refractivity contribution in [3.63, 3.8) is 0 Å². The molecule has 3 amide bonds. The van der Waals surface area contributed by atoms with Gasteiger partial charge in [-0.1, -0.05) is 26.0 Å². The van der Waals surface area contributed by atoms with E-state index in [1.54, 1.807) is 12.1 Å². The van der Waals surface area contributed by atoms with Crippen LogP contribution in [0.1, 0.15) is 54.3 Å². The monoisotopic (exact) mass is 455 g/mol. The summed E-state index contributed by atoms with van der Waals surface area (Å²) in [5.41, 5.74) is -0.0992. The number of benzene rings is 2. The number of imide groups is 1. The zero-order valence-electron chi connectivity index (χ0n) is 18.6. The van der Waals surface area contributed by atoms with Gasteiger partial charge in [0.05, 0.1) is 35.3 Å². The molecule has 2 aromatic rings. The number of ether oxygens (including phenoxy) is 2. The number of nitrogens with zero attached hydrogens (tertiary/aromatic N) is 2. The Morgan fingerprint density at radius 1 is 1.03 bits per heavy atom. The summed E-state index contributed by atoms with van der Waals surface area (Å²) in [5.74, 6) is -1.50. The molecule has 1 aliphatic rings. The highest BCUT2D eigenvalue weighted by atomic mass is 16.6. The Balaban J connectivity index is 1.89. The number of rotatable bonds is 10. The molecule has 2 aromatic carbocycles. The van der Waals surface area contributed by atoms with Crippen molar-refractivity contribution >= 4 is 29.1 Å². The maximum Gasteiger partial charge on any atom is 0.296 e. The number of anilines is 1. The fourth-order valence-corrected chi connectivity index (χ4v) is 3.36. The van der Waals surface area contributed by atoms with Gasteiger partial charge in [-0.15, -0.1) is 0 Å². The summed E-state index contributed by atoms with van der Waals surface area (Å²) in [6.07, 6.45) is 1.39. The maximum absolute atomic E-state index is 12.9. The van der Waals surface area contributed by atoms with Crippen LogP contribution in [0.15, 0.2) is 36.4 Å². The summed E-state index contributed by atoms with van der Waals surface area (Å²) in [5, 5.41) is 14.1. The molecule has 1 heterocycles. The Morgan fingerprint density at radius 3 is 2.03 bits per heavy atom. The molecule has 1 atom stereocenters. The number of carbonyl (C=O) groups excluding carboxylic acids is 3. The molecule has 0 radical (unpaired) electrons. The minimum atomic E-state index is -1.20. The highest BCUT2D eigenvalue weighted by molar-refractivity contribution is 6.23. The topological polar surface area (TPSA) is 128 Å². The second kappa shape index (κ2) is 10.1. The summed E-state index contributed by atoms with van der Waals surface area (Å²) in [6, 6.07) is 7.60. The smallest absolute Gasteiger partial charge is 0.296 e. The highest BCUT2D eigenvalue weighted by Gasteiger charge is 2.41. The van der Waals surface area contributed by atoms with Gasteiger partial charge in [-0.25, -0.2) is 0 Å². The Labute approximate surface area is 190 Å². The average molecular weight is 455 g/mol. The second-order valence-electron chi connectivity index (χ2n) is 7.46. The first kappa shape index (κ1) is 23.7. The van der Waals surface area contributed by atoms with Gasteiger partial charge in [-0.05, 0) is 31.9 Å². The normalized spacial score (nSPS) is 13.5. The molecule has 3 rings (SSSR count). The van der Waals surface area contributed by atoms with Crippen LogP contribution in [-0.2, 0) is 4.79 Å². The molecule has 0 saturated heterocycles. The Hall–Kier alpha value is -3.95. The fraction of sp³-hybridized carbons (Fsp3) is 0.348. The number of amides is 3. The molecule has 0 aromatic heterocycles. The van der Waals surface area contributed by atoms with E-state index in [4.69, 9.17) is 9.47 Å². The van der Waals surface area contributed by atoms with Crippen LogP contribution in [0.25, 0.3) is 0 Å². The molecule has 1 aliphatic heterocycles.